The second kappa shape index (κ2) is 5.69. The van der Waals surface area contributed by atoms with Gasteiger partial charge in [0.1, 0.15) is 5.82 Å². The Bertz CT molecular complexity index is 730. The molecule has 1 unspecified atom stereocenters. The number of rotatable bonds is 4. The van der Waals surface area contributed by atoms with Crippen LogP contribution in [0, 0.1) is 5.82 Å². The molecule has 3 rings (SSSR count). The van der Waals surface area contributed by atoms with Crippen LogP contribution in [0.15, 0.2) is 41.2 Å². The topological polar surface area (TPSA) is 48.0 Å². The molecule has 2 aromatic rings. The van der Waals surface area contributed by atoms with Gasteiger partial charge in [-0.2, -0.15) is 0 Å². The van der Waals surface area contributed by atoms with Gasteiger partial charge in [0.25, 0.3) is 5.56 Å². The number of pyridine rings is 1. The number of aromatic nitrogens is 1. The van der Waals surface area contributed by atoms with Crippen molar-refractivity contribution in [3.63, 3.8) is 0 Å². The number of halogens is 1. The first-order chi connectivity index (χ1) is 10.5. The van der Waals surface area contributed by atoms with Crippen molar-refractivity contribution in [2.45, 2.75) is 44.7 Å². The molecule has 1 aliphatic rings. The maximum Gasteiger partial charge on any atom is 0.256 e. The molecule has 1 heterocycles. The van der Waals surface area contributed by atoms with Gasteiger partial charge in [0.15, 0.2) is 0 Å². The summed E-state index contributed by atoms with van der Waals surface area (Å²) in [5.74, 6) is -0.00843. The van der Waals surface area contributed by atoms with Gasteiger partial charge in [-0.1, -0.05) is 26.0 Å². The Balaban J connectivity index is 2.06. The van der Waals surface area contributed by atoms with Crippen LogP contribution in [0.5, 0.6) is 0 Å². The Hall–Kier alpha value is -1.94. The minimum Gasteiger partial charge on any atom is -0.320 e. The van der Waals surface area contributed by atoms with E-state index in [1.165, 1.54) is 12.1 Å². The molecule has 1 aromatic heterocycles. The first-order valence-electron chi connectivity index (χ1n) is 7.75. The van der Waals surface area contributed by atoms with Crippen molar-refractivity contribution in [1.82, 2.24) is 4.57 Å². The fourth-order valence-corrected chi connectivity index (χ4v) is 2.85. The lowest BCUT2D eigenvalue weighted by Gasteiger charge is -2.19. The average molecular weight is 300 g/mol. The van der Waals surface area contributed by atoms with E-state index in [0.717, 1.165) is 24.1 Å². The highest BCUT2D eigenvalue weighted by molar-refractivity contribution is 5.32. The molecule has 1 aromatic carbocycles. The molecule has 0 aliphatic heterocycles. The molecule has 2 N–H and O–H groups in total. The van der Waals surface area contributed by atoms with Gasteiger partial charge in [-0.25, -0.2) is 4.39 Å². The molecule has 1 saturated carbocycles. The smallest absolute Gasteiger partial charge is 0.256 e. The van der Waals surface area contributed by atoms with Gasteiger partial charge in [-0.15, -0.1) is 0 Å². The molecule has 1 fully saturated rings. The molecule has 0 spiro atoms. The first-order valence-corrected chi connectivity index (χ1v) is 7.75. The SMILES string of the molecule is CC(C)c1ccc(C(N)c2ccc(F)cc2)c(=O)n1C1CC1. The minimum atomic E-state index is -0.528. The van der Waals surface area contributed by atoms with Crippen molar-refractivity contribution in [3.8, 4) is 0 Å². The zero-order valence-corrected chi connectivity index (χ0v) is 12.9. The molecular formula is C18H21FN2O. The summed E-state index contributed by atoms with van der Waals surface area (Å²) in [5, 5.41) is 0. The number of nitrogens with zero attached hydrogens (tertiary/aromatic N) is 1. The fourth-order valence-electron chi connectivity index (χ4n) is 2.85. The second-order valence-corrected chi connectivity index (χ2v) is 6.30. The standard InChI is InChI=1S/C18H21FN2O/c1-11(2)16-10-9-15(18(22)21(16)14-7-8-14)17(20)12-3-5-13(19)6-4-12/h3-6,9-11,14,17H,7-8,20H2,1-2H3. The van der Waals surface area contributed by atoms with E-state index < -0.39 is 6.04 Å². The lowest BCUT2D eigenvalue weighted by Crippen LogP contribution is -2.30. The van der Waals surface area contributed by atoms with E-state index >= 15 is 0 Å². The van der Waals surface area contributed by atoms with Gasteiger partial charge < -0.3 is 10.3 Å². The number of nitrogens with two attached hydrogens (primary N) is 1. The highest BCUT2D eigenvalue weighted by Gasteiger charge is 2.29. The van der Waals surface area contributed by atoms with Gasteiger partial charge >= 0.3 is 0 Å². The minimum absolute atomic E-state index is 0.00877. The van der Waals surface area contributed by atoms with Crippen LogP contribution in [0.4, 0.5) is 4.39 Å². The third kappa shape index (κ3) is 2.71. The molecule has 1 aliphatic carbocycles. The Labute approximate surface area is 129 Å². The summed E-state index contributed by atoms with van der Waals surface area (Å²) < 4.78 is 15.0. The summed E-state index contributed by atoms with van der Waals surface area (Å²) in [6, 6.07) is 9.63. The Morgan fingerprint density at radius 1 is 1.14 bits per heavy atom. The first kappa shape index (κ1) is 15.0. The molecule has 0 saturated heterocycles. The fraction of sp³-hybridized carbons (Fsp3) is 0.389. The van der Waals surface area contributed by atoms with Crippen molar-refractivity contribution < 1.29 is 4.39 Å². The Morgan fingerprint density at radius 3 is 2.32 bits per heavy atom. The molecular weight excluding hydrogens is 279 g/mol. The molecule has 0 bridgehead atoms. The molecule has 0 amide bonds. The van der Waals surface area contributed by atoms with Crippen LogP contribution in [-0.4, -0.2) is 4.57 Å². The zero-order valence-electron chi connectivity index (χ0n) is 12.9. The summed E-state index contributed by atoms with van der Waals surface area (Å²) in [5.41, 5.74) is 8.62. The summed E-state index contributed by atoms with van der Waals surface area (Å²) >= 11 is 0. The predicted octanol–water partition coefficient (Wildman–Crippen LogP) is 3.49. The summed E-state index contributed by atoms with van der Waals surface area (Å²) in [6.45, 7) is 4.18. The van der Waals surface area contributed by atoms with Gasteiger partial charge in [0.05, 0.1) is 6.04 Å². The van der Waals surface area contributed by atoms with Crippen LogP contribution in [0.2, 0.25) is 0 Å². The van der Waals surface area contributed by atoms with Crippen molar-refractivity contribution >= 4 is 0 Å². The average Bonchev–Trinajstić information content (AvgIpc) is 3.31. The Kier molecular flexibility index (Phi) is 3.87. The predicted molar refractivity (Wildman–Crippen MR) is 85.5 cm³/mol. The van der Waals surface area contributed by atoms with E-state index in [9.17, 15) is 9.18 Å². The molecule has 0 radical (unpaired) electrons. The van der Waals surface area contributed by atoms with Gasteiger partial charge in [-0.3, -0.25) is 4.79 Å². The molecule has 4 heteroatoms. The lowest BCUT2D eigenvalue weighted by molar-refractivity contribution is 0.612. The largest absolute Gasteiger partial charge is 0.320 e. The number of hydrogen-bond acceptors (Lipinski definition) is 2. The maximum atomic E-state index is 13.0. The van der Waals surface area contributed by atoms with Crippen LogP contribution < -0.4 is 11.3 Å². The second-order valence-electron chi connectivity index (χ2n) is 6.30. The van der Waals surface area contributed by atoms with E-state index in [-0.39, 0.29) is 11.4 Å². The molecule has 1 atom stereocenters. The van der Waals surface area contributed by atoms with Crippen LogP contribution >= 0.6 is 0 Å². The van der Waals surface area contributed by atoms with Crippen LogP contribution in [0.1, 0.15) is 61.5 Å². The maximum absolute atomic E-state index is 13.0. The van der Waals surface area contributed by atoms with E-state index in [1.807, 2.05) is 16.7 Å². The number of benzene rings is 1. The third-order valence-corrected chi connectivity index (χ3v) is 4.25. The van der Waals surface area contributed by atoms with Gasteiger partial charge in [0.2, 0.25) is 0 Å². The quantitative estimate of drug-likeness (QED) is 0.939. The van der Waals surface area contributed by atoms with E-state index in [4.69, 9.17) is 5.73 Å². The highest BCUT2D eigenvalue weighted by Crippen LogP contribution is 2.36. The third-order valence-electron chi connectivity index (χ3n) is 4.25. The van der Waals surface area contributed by atoms with Gasteiger partial charge in [0, 0.05) is 17.3 Å². The van der Waals surface area contributed by atoms with E-state index in [0.29, 0.717) is 17.5 Å². The molecule has 116 valence electrons. The highest BCUT2D eigenvalue weighted by atomic mass is 19.1. The molecule has 22 heavy (non-hydrogen) atoms. The summed E-state index contributed by atoms with van der Waals surface area (Å²) in [4.78, 5) is 12.9. The van der Waals surface area contributed by atoms with E-state index in [2.05, 4.69) is 13.8 Å². The Morgan fingerprint density at radius 2 is 1.77 bits per heavy atom. The summed E-state index contributed by atoms with van der Waals surface area (Å²) in [6.07, 6.45) is 2.10. The van der Waals surface area contributed by atoms with Crippen molar-refractivity contribution in [1.29, 1.82) is 0 Å². The molecule has 3 nitrogen and oxygen atoms in total. The van der Waals surface area contributed by atoms with Crippen molar-refractivity contribution in [2.75, 3.05) is 0 Å². The van der Waals surface area contributed by atoms with Crippen LogP contribution in [-0.2, 0) is 0 Å². The van der Waals surface area contributed by atoms with Crippen LogP contribution in [0.25, 0.3) is 0 Å². The monoisotopic (exact) mass is 300 g/mol. The normalized spacial score (nSPS) is 16.0. The lowest BCUT2D eigenvalue weighted by atomic mass is 9.99. The van der Waals surface area contributed by atoms with Crippen molar-refractivity contribution in [3.05, 3.63) is 69.4 Å². The van der Waals surface area contributed by atoms with E-state index in [1.54, 1.807) is 12.1 Å². The zero-order chi connectivity index (χ0) is 15.9. The van der Waals surface area contributed by atoms with Crippen LogP contribution in [0.3, 0.4) is 0 Å². The van der Waals surface area contributed by atoms with Crippen molar-refractivity contribution in [2.24, 2.45) is 5.73 Å². The number of hydrogen-bond donors (Lipinski definition) is 1. The summed E-state index contributed by atoms with van der Waals surface area (Å²) in [7, 11) is 0. The van der Waals surface area contributed by atoms with Gasteiger partial charge in [-0.05, 0) is 48.6 Å².